The predicted molar refractivity (Wildman–Crippen MR) is 575 cm³/mol. The number of aliphatic carboxylic acids is 1. The van der Waals surface area contributed by atoms with Crippen LogP contribution in [0.3, 0.4) is 0 Å². The molecule has 6 atom stereocenters. The van der Waals surface area contributed by atoms with Gasteiger partial charge in [-0.3, -0.25) is 42.7 Å². The Bertz CT molecular complexity index is 3090. The number of carbonyl (C=O) groups excluding carboxylic acids is 4. The number of nitrogens with one attached hydrogen (secondary N) is 1. The highest BCUT2D eigenvalue weighted by atomic mass is 32.2. The number of nitrogens with zero attached hydrogens (tertiary/aromatic N) is 7. The summed E-state index contributed by atoms with van der Waals surface area (Å²) in [5, 5.41) is 11.8. The summed E-state index contributed by atoms with van der Waals surface area (Å²) in [4.78, 5) is 79.3. The first-order valence-corrected chi connectivity index (χ1v) is 60.6. The maximum atomic E-state index is 12.0. The Morgan fingerprint density at radius 3 is 1.33 bits per heavy atom. The van der Waals surface area contributed by atoms with Crippen LogP contribution in [0.15, 0.2) is 0 Å². The van der Waals surface area contributed by atoms with Gasteiger partial charge in [0.1, 0.15) is 17.3 Å². The normalized spacial score (nSPS) is 17.1. The molecule has 0 bridgehead atoms. The van der Waals surface area contributed by atoms with Gasteiger partial charge in [-0.15, -0.1) is 0 Å². The van der Waals surface area contributed by atoms with Gasteiger partial charge in [0.15, 0.2) is 7.37 Å². The van der Waals surface area contributed by atoms with E-state index in [9.17, 15) is 50.6 Å². The lowest BCUT2D eigenvalue weighted by atomic mass is 9.90. The second kappa shape index (κ2) is 82.5. The topological polar surface area (TPSA) is 318 Å². The van der Waals surface area contributed by atoms with Gasteiger partial charge in [0.25, 0.3) is 0 Å². The van der Waals surface area contributed by atoms with Crippen LogP contribution in [-0.4, -0.2) is 306 Å². The van der Waals surface area contributed by atoms with Crippen LogP contribution in [0, 0.1) is 53.3 Å². The number of ketones is 3. The van der Waals surface area contributed by atoms with E-state index in [2.05, 4.69) is 173 Å². The van der Waals surface area contributed by atoms with Crippen molar-refractivity contribution in [3.8, 4) is 0 Å². The molecule has 1 saturated heterocycles. The van der Waals surface area contributed by atoms with Gasteiger partial charge in [-0.05, 0) is 260 Å². The third-order valence-corrected chi connectivity index (χ3v) is 28.7. The number of rotatable bonds is 61. The molecule has 1 amide bonds. The molecule has 6 unspecified atom stereocenters. The van der Waals surface area contributed by atoms with Crippen molar-refractivity contribution in [2.45, 2.75) is 412 Å². The quantitative estimate of drug-likeness (QED) is 0.0129. The zero-order chi connectivity index (χ0) is 101. The number of quaternary nitrogens is 1. The third kappa shape index (κ3) is 94.1. The molecule has 27 heteroatoms. The molecule has 9 N–H and O–H groups in total. The lowest BCUT2D eigenvalue weighted by Crippen LogP contribution is -2.42. The minimum Gasteiger partial charge on any atom is -0.481 e. The van der Waals surface area contributed by atoms with Crippen LogP contribution in [0.2, 0.25) is 0 Å². The first-order chi connectivity index (χ1) is 61.5. The molecule has 3 saturated carbocycles. The number of unbranched alkanes of at least 4 members (excludes halogenated alkanes) is 3. The molecule has 4 rings (SSSR count). The minimum atomic E-state index is -2.86. The van der Waals surface area contributed by atoms with E-state index in [0.29, 0.717) is 85.8 Å². The van der Waals surface area contributed by atoms with Crippen LogP contribution in [-0.2, 0) is 58.9 Å². The highest BCUT2D eigenvalue weighted by Gasteiger charge is 2.27. The summed E-state index contributed by atoms with van der Waals surface area (Å²) in [5.74, 6) is 14.4. The van der Waals surface area contributed by atoms with Gasteiger partial charge < -0.3 is 59.9 Å². The van der Waals surface area contributed by atoms with E-state index in [1.165, 1.54) is 180 Å². The summed E-state index contributed by atoms with van der Waals surface area (Å²) in [5.41, 5.74) is 11.5. The molecule has 0 aromatic carbocycles. The highest BCUT2D eigenvalue weighted by Crippen LogP contribution is 2.36. The van der Waals surface area contributed by atoms with Crippen LogP contribution >= 0.6 is 7.37 Å². The molecular formula is C105H220N10O13PS3+. The zero-order valence-corrected chi connectivity index (χ0v) is 94.0. The number of hydrogen-bond acceptors (Lipinski definition) is 17. The number of carbonyl (C=O) groups is 5. The molecule has 132 heavy (non-hydrogen) atoms. The lowest BCUT2D eigenvalue weighted by molar-refractivity contribution is -0.870. The number of Topliss-reactive ketones (excluding diaryl/α,β-unsaturated/α-hetero) is 3. The second-order valence-corrected chi connectivity index (χ2v) is 52.1. The van der Waals surface area contributed by atoms with Crippen molar-refractivity contribution in [3.05, 3.63) is 0 Å². The molecule has 0 aromatic heterocycles. The Morgan fingerprint density at radius 2 is 0.932 bits per heavy atom. The fraction of sp³-hybridized carbons (Fsp3) is 0.933. The van der Waals surface area contributed by atoms with E-state index in [1.807, 2.05) is 20.2 Å². The molecule has 23 nitrogen and oxygen atoms in total. The Morgan fingerprint density at radius 1 is 0.523 bits per heavy atom. The van der Waals surface area contributed by atoms with Gasteiger partial charge in [0.05, 0.1) is 83.8 Å². The Labute approximate surface area is 819 Å². The van der Waals surface area contributed by atoms with E-state index in [-0.39, 0.29) is 29.9 Å². The molecule has 3 aliphatic carbocycles. The molecular weight excluding hydrogens is 1740 g/mol. The molecule has 0 radical (unpaired) electrons. The van der Waals surface area contributed by atoms with Crippen molar-refractivity contribution in [1.29, 1.82) is 0 Å². The predicted octanol–water partition coefficient (Wildman–Crippen LogP) is 20.6. The average Bonchev–Trinajstić information content (AvgIpc) is 0.916. The SMILES string of the molecule is C=S(=O)(O)CCN(CCC(C)C)C1CCCCC1.C=S(=O)(O)CCN(CCN)CCC(C)C.CC(=O)CCCCCC(C)C.CC(=O)CN1CCC(CCCC(C)C)CC1.CC(C)CCN(C)C(=O)C(N)CCCC[N+](C)(C)C.CC(C)CCN(CCCP(C)(=O)O)C1CCCCC1.CC(C)CCN(CCS(C)=O)C1CCCCC1.CCCNC(CC(=O)O)C(=O)CCCC(C)C. The summed E-state index contributed by atoms with van der Waals surface area (Å²) >= 11 is 0. The van der Waals surface area contributed by atoms with E-state index >= 15 is 0 Å². The second-order valence-electron chi connectivity index (χ2n) is 44.1. The fourth-order valence-corrected chi connectivity index (χ4v) is 18.9. The largest absolute Gasteiger partial charge is 0.481 e. The van der Waals surface area contributed by atoms with Gasteiger partial charge in [-0.2, -0.15) is 0 Å². The Kier molecular flexibility index (Phi) is 85.1. The summed E-state index contributed by atoms with van der Waals surface area (Å²) in [7, 11) is -0.756. The van der Waals surface area contributed by atoms with Crippen molar-refractivity contribution < 1.29 is 64.8 Å². The summed E-state index contributed by atoms with van der Waals surface area (Å²) in [6, 6.07) is 1.27. The smallest absolute Gasteiger partial charge is 0.305 e. The third-order valence-electron chi connectivity index (χ3n) is 25.1. The first kappa shape index (κ1) is 136. The van der Waals surface area contributed by atoms with Crippen LogP contribution < -0.4 is 16.8 Å². The number of carboxylic acid groups (broad SMARTS) is 1. The van der Waals surface area contributed by atoms with Gasteiger partial charge in [-0.25, -0.2) is 8.42 Å². The van der Waals surface area contributed by atoms with Crippen LogP contribution in [0.4, 0.5) is 0 Å². The van der Waals surface area contributed by atoms with Gasteiger partial charge in [0, 0.05) is 113 Å². The fourth-order valence-electron chi connectivity index (χ4n) is 16.6. The maximum Gasteiger partial charge on any atom is 0.305 e. The van der Waals surface area contributed by atoms with E-state index in [4.69, 9.17) is 21.1 Å². The molecule has 0 aromatic rings. The van der Waals surface area contributed by atoms with E-state index in [1.54, 1.807) is 18.7 Å². The van der Waals surface area contributed by atoms with Crippen molar-refractivity contribution in [1.82, 2.24) is 34.7 Å². The van der Waals surface area contributed by atoms with E-state index < -0.39 is 49.8 Å². The number of likely N-dealkylation sites (tertiary alicyclic amines) is 1. The molecule has 4 fully saturated rings. The Hall–Kier alpha value is -2.11. The zero-order valence-electron chi connectivity index (χ0n) is 90.6. The summed E-state index contributed by atoms with van der Waals surface area (Å²) in [6.45, 7) is 57.0. The van der Waals surface area contributed by atoms with Crippen molar-refractivity contribution >= 4 is 78.7 Å². The molecule has 790 valence electrons. The lowest BCUT2D eigenvalue weighted by Gasteiger charge is -2.35. The molecule has 1 aliphatic heterocycles. The number of piperidine rings is 1. The first-order valence-electron chi connectivity index (χ1n) is 52.9. The summed E-state index contributed by atoms with van der Waals surface area (Å²) < 4.78 is 64.4. The van der Waals surface area contributed by atoms with Gasteiger partial charge >= 0.3 is 5.97 Å². The Balaban J connectivity index is -0.000000712. The number of amides is 1. The number of carboxylic acids is 1. The van der Waals surface area contributed by atoms with Crippen molar-refractivity contribution in [2.75, 3.05) is 169 Å². The monoisotopic (exact) mass is 1960 g/mol. The van der Waals surface area contributed by atoms with Crippen molar-refractivity contribution in [3.63, 3.8) is 0 Å². The minimum absolute atomic E-state index is 0.0292. The van der Waals surface area contributed by atoms with Gasteiger partial charge in [0.2, 0.25) is 5.91 Å². The molecule has 4 aliphatic rings. The molecule has 1 heterocycles. The van der Waals surface area contributed by atoms with Crippen LogP contribution in [0.1, 0.15) is 382 Å². The molecule has 0 spiro atoms. The standard InChI is InChI=1S/C15H34N3O.C15H32NO2P.C14H29NO2S.C14H29NOS.C14H27NO.C13H25NO3.C10H24N2O2S.C10H20O/c1-13(2)10-11-17(3)15(19)14(16)9-7-8-12-18(4,5)6;1-14(2)10-12-16(11-7-13-19(3,17)18)15-8-5-4-6-9-15;1-13(2)9-10-15(11-12-18(3,16)17)14-7-5-4-6-8-14;1-13(2)9-10-15(11-12-17(3)16)14-7-5-4-6-8-14;1-12(2)5-4-6-14-7-9-15(10-8-14)11-13(3)16;1-4-8-14-11(9-13(16)17)12(15)7-5-6-10(2)3;1-10(2)4-6-12(7-5-11)8-9-15(3,13)14;1-9(2)7-5-4-6-8-10(3)11/h13-14H,7-12,16H2,1-6H3;14-15H,4-13H2,1-3H3,(H,17,18);13-14H,3-12H2,1-2H3,(H,16,17);13-14H,4-12H2,1-3H3;12,14H,4-11H2,1-3H3;10-11,14H,4-9H2,1-3H3,(H,16,17);10H,3-9,11H2,1-2H3,(H,13,14);9H,4-8H2,1-3H3/q+1;;;;;;;. The van der Waals surface area contributed by atoms with Crippen LogP contribution in [0.5, 0.6) is 0 Å². The van der Waals surface area contributed by atoms with Crippen molar-refractivity contribution in [2.24, 2.45) is 64.7 Å². The maximum absolute atomic E-state index is 12.0. The average molecular weight is 1960 g/mol. The highest BCUT2D eigenvalue weighted by molar-refractivity contribution is 7.95. The number of nitrogens with two attached hydrogens (primary N) is 2. The van der Waals surface area contributed by atoms with Crippen LogP contribution in [0.25, 0.3) is 0 Å². The van der Waals surface area contributed by atoms with Gasteiger partial charge in [-0.1, -0.05) is 220 Å². The van der Waals surface area contributed by atoms with E-state index in [0.717, 1.165) is 195 Å². The number of hydrogen-bond donors (Lipinski definition) is 7. The number of likely N-dealkylation sites (N-methyl/N-ethyl adjacent to an activating group) is 1. The summed E-state index contributed by atoms with van der Waals surface area (Å²) in [6.07, 6.45) is 47.5.